The van der Waals surface area contributed by atoms with Crippen molar-refractivity contribution in [2.24, 2.45) is 0 Å². The summed E-state index contributed by atoms with van der Waals surface area (Å²) in [5, 5.41) is 7.18. The van der Waals surface area contributed by atoms with Crippen LogP contribution < -0.4 is 9.64 Å². The Labute approximate surface area is 117 Å². The molecule has 1 aliphatic rings. The van der Waals surface area contributed by atoms with E-state index in [9.17, 15) is 0 Å². The minimum atomic E-state index is 0.323. The summed E-state index contributed by atoms with van der Waals surface area (Å²) in [6.45, 7) is 3.71. The van der Waals surface area contributed by atoms with Gasteiger partial charge in [-0.3, -0.25) is 5.10 Å². The molecular weight excluding hydrogens is 256 g/mol. The lowest BCUT2D eigenvalue weighted by atomic mass is 9.98. The highest BCUT2D eigenvalue weighted by atomic mass is 16.5. The summed E-state index contributed by atoms with van der Waals surface area (Å²) in [4.78, 5) is 15.3. The number of hydrogen-bond acceptors (Lipinski definition) is 6. The van der Waals surface area contributed by atoms with Crippen molar-refractivity contribution >= 4 is 5.95 Å². The van der Waals surface area contributed by atoms with Crippen molar-refractivity contribution in [3.8, 4) is 5.88 Å². The van der Waals surface area contributed by atoms with Crippen LogP contribution >= 0.6 is 0 Å². The number of rotatable bonds is 3. The molecule has 0 saturated carbocycles. The fourth-order valence-corrected chi connectivity index (χ4v) is 2.51. The lowest BCUT2D eigenvalue weighted by Gasteiger charge is -2.31. The minimum absolute atomic E-state index is 0.323. The van der Waals surface area contributed by atoms with Gasteiger partial charge in [0, 0.05) is 31.3 Å². The van der Waals surface area contributed by atoms with E-state index in [-0.39, 0.29) is 0 Å². The van der Waals surface area contributed by atoms with Gasteiger partial charge in [0.15, 0.2) is 5.82 Å². The van der Waals surface area contributed by atoms with E-state index in [1.165, 1.54) is 0 Å². The summed E-state index contributed by atoms with van der Waals surface area (Å²) in [6, 6.07) is 1.75. The predicted octanol–water partition coefficient (Wildman–Crippen LogP) is 1.30. The van der Waals surface area contributed by atoms with E-state index < -0.39 is 0 Å². The van der Waals surface area contributed by atoms with Gasteiger partial charge in [0.05, 0.1) is 7.11 Å². The number of aryl methyl sites for hydroxylation is 1. The van der Waals surface area contributed by atoms with E-state index in [2.05, 4.69) is 30.0 Å². The number of methoxy groups -OCH3 is 1. The van der Waals surface area contributed by atoms with Crippen LogP contribution in [0.5, 0.6) is 5.88 Å². The molecule has 3 heterocycles. The first-order chi connectivity index (χ1) is 9.76. The maximum absolute atomic E-state index is 5.15. The molecule has 0 aliphatic carbocycles. The summed E-state index contributed by atoms with van der Waals surface area (Å²) in [6.07, 6.45) is 3.90. The second-order valence-corrected chi connectivity index (χ2v) is 4.96. The molecule has 7 nitrogen and oxygen atoms in total. The number of ether oxygens (including phenoxy) is 1. The molecule has 1 aliphatic heterocycles. The molecule has 20 heavy (non-hydrogen) atoms. The van der Waals surface area contributed by atoms with Gasteiger partial charge in [-0.15, -0.1) is 0 Å². The fraction of sp³-hybridized carbons (Fsp3) is 0.538. The van der Waals surface area contributed by atoms with Crippen LogP contribution in [-0.2, 0) is 0 Å². The maximum Gasteiger partial charge on any atom is 0.228 e. The summed E-state index contributed by atoms with van der Waals surface area (Å²) in [5.41, 5.74) is 0. The third kappa shape index (κ3) is 2.56. The molecule has 1 N–H and O–H groups in total. The number of H-pyrrole nitrogens is 1. The van der Waals surface area contributed by atoms with Gasteiger partial charge in [0.25, 0.3) is 0 Å². The third-order valence-electron chi connectivity index (χ3n) is 3.51. The quantitative estimate of drug-likeness (QED) is 0.908. The molecular formula is C13H18N6O. The number of aromatic amines is 1. The van der Waals surface area contributed by atoms with Crippen molar-refractivity contribution in [2.75, 3.05) is 25.1 Å². The van der Waals surface area contributed by atoms with Gasteiger partial charge >= 0.3 is 0 Å². The number of piperidine rings is 1. The Kier molecular flexibility index (Phi) is 3.49. The number of anilines is 1. The molecule has 2 aromatic rings. The first kappa shape index (κ1) is 12.8. The summed E-state index contributed by atoms with van der Waals surface area (Å²) < 4.78 is 5.15. The molecule has 0 spiro atoms. The van der Waals surface area contributed by atoms with Crippen LogP contribution in [0, 0.1) is 6.92 Å². The molecule has 106 valence electrons. The van der Waals surface area contributed by atoms with Crippen molar-refractivity contribution in [1.82, 2.24) is 25.1 Å². The average molecular weight is 274 g/mol. The molecule has 3 rings (SSSR count). The Morgan fingerprint density at radius 1 is 1.40 bits per heavy atom. The monoisotopic (exact) mass is 274 g/mol. The van der Waals surface area contributed by atoms with E-state index in [1.54, 1.807) is 19.4 Å². The number of nitrogens with one attached hydrogen (secondary N) is 1. The van der Waals surface area contributed by atoms with Crippen LogP contribution in [0.3, 0.4) is 0 Å². The van der Waals surface area contributed by atoms with Gasteiger partial charge in [-0.2, -0.15) is 10.1 Å². The molecule has 1 unspecified atom stereocenters. The molecule has 0 radical (unpaired) electrons. The highest BCUT2D eigenvalue weighted by Gasteiger charge is 2.25. The van der Waals surface area contributed by atoms with Gasteiger partial charge in [-0.05, 0) is 19.8 Å². The summed E-state index contributed by atoms with van der Waals surface area (Å²) >= 11 is 0. The van der Waals surface area contributed by atoms with Gasteiger partial charge in [0.1, 0.15) is 5.82 Å². The van der Waals surface area contributed by atoms with Crippen LogP contribution in [-0.4, -0.2) is 45.3 Å². The Hall–Kier alpha value is -2.18. The van der Waals surface area contributed by atoms with Gasteiger partial charge in [0.2, 0.25) is 11.8 Å². The van der Waals surface area contributed by atoms with Crippen LogP contribution in [0.1, 0.15) is 30.4 Å². The SMILES string of the molecule is COc1ccnc(N2CCCC(c3n[nH]c(C)n3)C2)n1. The molecule has 1 saturated heterocycles. The Morgan fingerprint density at radius 2 is 2.30 bits per heavy atom. The minimum Gasteiger partial charge on any atom is -0.481 e. The second-order valence-electron chi connectivity index (χ2n) is 4.96. The van der Waals surface area contributed by atoms with Gasteiger partial charge in [-0.1, -0.05) is 0 Å². The largest absolute Gasteiger partial charge is 0.481 e. The molecule has 1 atom stereocenters. The zero-order valence-electron chi connectivity index (χ0n) is 11.7. The van der Waals surface area contributed by atoms with Crippen LogP contribution in [0.2, 0.25) is 0 Å². The Bertz CT molecular complexity index is 584. The normalized spacial score (nSPS) is 19.1. The average Bonchev–Trinajstić information content (AvgIpc) is 2.94. The first-order valence-electron chi connectivity index (χ1n) is 6.77. The van der Waals surface area contributed by atoms with Gasteiger partial charge in [-0.25, -0.2) is 9.97 Å². The summed E-state index contributed by atoms with van der Waals surface area (Å²) in [7, 11) is 1.61. The first-order valence-corrected chi connectivity index (χ1v) is 6.77. The van der Waals surface area contributed by atoms with Crippen molar-refractivity contribution in [3.63, 3.8) is 0 Å². The zero-order valence-corrected chi connectivity index (χ0v) is 11.7. The van der Waals surface area contributed by atoms with E-state index in [0.717, 1.165) is 37.6 Å². The van der Waals surface area contributed by atoms with Crippen molar-refractivity contribution in [3.05, 3.63) is 23.9 Å². The highest BCUT2D eigenvalue weighted by Crippen LogP contribution is 2.26. The van der Waals surface area contributed by atoms with Crippen LogP contribution in [0.25, 0.3) is 0 Å². The molecule has 1 fully saturated rings. The van der Waals surface area contributed by atoms with E-state index >= 15 is 0 Å². The molecule has 2 aromatic heterocycles. The van der Waals surface area contributed by atoms with Crippen molar-refractivity contribution in [1.29, 1.82) is 0 Å². The number of nitrogens with zero attached hydrogens (tertiary/aromatic N) is 5. The number of aromatic nitrogens is 5. The van der Waals surface area contributed by atoms with Crippen LogP contribution in [0.4, 0.5) is 5.95 Å². The Morgan fingerprint density at radius 3 is 3.05 bits per heavy atom. The second kappa shape index (κ2) is 5.44. The van der Waals surface area contributed by atoms with Crippen molar-refractivity contribution < 1.29 is 4.74 Å². The van der Waals surface area contributed by atoms with E-state index in [1.807, 2.05) is 6.92 Å². The standard InChI is InChI=1S/C13H18N6O/c1-9-15-12(18-17-9)10-4-3-7-19(8-10)13-14-6-5-11(16-13)20-2/h5-6,10H,3-4,7-8H2,1-2H3,(H,15,17,18). The molecule has 0 amide bonds. The van der Waals surface area contributed by atoms with Gasteiger partial charge < -0.3 is 9.64 Å². The van der Waals surface area contributed by atoms with E-state index in [4.69, 9.17) is 4.74 Å². The smallest absolute Gasteiger partial charge is 0.228 e. The summed E-state index contributed by atoms with van der Waals surface area (Å²) in [5.74, 6) is 3.36. The maximum atomic E-state index is 5.15. The predicted molar refractivity (Wildman–Crippen MR) is 73.9 cm³/mol. The Balaban J connectivity index is 1.77. The van der Waals surface area contributed by atoms with E-state index in [0.29, 0.717) is 17.7 Å². The molecule has 0 aromatic carbocycles. The topological polar surface area (TPSA) is 79.8 Å². The fourth-order valence-electron chi connectivity index (χ4n) is 2.51. The van der Waals surface area contributed by atoms with Crippen molar-refractivity contribution in [2.45, 2.75) is 25.7 Å². The third-order valence-corrected chi connectivity index (χ3v) is 3.51. The molecule has 7 heteroatoms. The zero-order chi connectivity index (χ0) is 13.9. The van der Waals surface area contributed by atoms with Crippen LogP contribution in [0.15, 0.2) is 12.3 Å². The number of hydrogen-bond donors (Lipinski definition) is 1. The highest BCUT2D eigenvalue weighted by molar-refractivity contribution is 5.33. The molecule has 0 bridgehead atoms. The lowest BCUT2D eigenvalue weighted by Crippen LogP contribution is -2.36. The lowest BCUT2D eigenvalue weighted by molar-refractivity contribution is 0.395.